The number of aromatic nitrogens is 1. The fourth-order valence-corrected chi connectivity index (χ4v) is 1.67. The first-order chi connectivity index (χ1) is 9.13. The Morgan fingerprint density at radius 3 is 2.79 bits per heavy atom. The van der Waals surface area contributed by atoms with E-state index in [1.165, 1.54) is 36.3 Å². The first-order valence-electron chi connectivity index (χ1n) is 5.58. The first-order valence-corrected chi connectivity index (χ1v) is 5.58. The highest BCUT2D eigenvalue weighted by Gasteiger charge is 2.16. The fourth-order valence-electron chi connectivity index (χ4n) is 1.67. The molecule has 1 aromatic carbocycles. The van der Waals surface area contributed by atoms with Crippen LogP contribution >= 0.6 is 0 Å². The van der Waals surface area contributed by atoms with Gasteiger partial charge in [-0.15, -0.1) is 0 Å². The van der Waals surface area contributed by atoms with Crippen LogP contribution in [0.5, 0.6) is 0 Å². The number of carbonyl (C=O) groups is 1. The summed E-state index contributed by atoms with van der Waals surface area (Å²) < 4.78 is 13.6. The predicted molar refractivity (Wildman–Crippen MR) is 71.2 cm³/mol. The summed E-state index contributed by atoms with van der Waals surface area (Å²) in [4.78, 5) is 17.4. The molecule has 1 heterocycles. The molecule has 0 radical (unpaired) electrons. The number of amides is 1. The Bertz CT molecular complexity index is 603. The number of anilines is 2. The number of nitrogens with one attached hydrogen (secondary N) is 1. The number of hydrazine groups is 1. The van der Waals surface area contributed by atoms with E-state index in [-0.39, 0.29) is 11.6 Å². The Morgan fingerprint density at radius 2 is 2.11 bits per heavy atom. The number of rotatable bonds is 3. The number of nitrogens with zero attached hydrogens (tertiary/aromatic N) is 2. The summed E-state index contributed by atoms with van der Waals surface area (Å²) >= 11 is 0. The minimum atomic E-state index is -0.454. The molecule has 2 rings (SSSR count). The van der Waals surface area contributed by atoms with Gasteiger partial charge in [0.2, 0.25) is 0 Å². The third-order valence-electron chi connectivity index (χ3n) is 2.67. The van der Waals surface area contributed by atoms with E-state index >= 15 is 0 Å². The summed E-state index contributed by atoms with van der Waals surface area (Å²) in [6, 6.07) is 9.12. The van der Waals surface area contributed by atoms with Crippen molar-refractivity contribution in [1.82, 2.24) is 4.98 Å². The molecule has 6 heteroatoms. The quantitative estimate of drug-likeness (QED) is 0.652. The van der Waals surface area contributed by atoms with E-state index < -0.39 is 5.82 Å². The van der Waals surface area contributed by atoms with Crippen molar-refractivity contribution >= 4 is 17.4 Å². The molecular formula is C13H13FN4O. The molecule has 0 bridgehead atoms. The standard InChI is InChI=1S/C13H13FN4O/c1-18(11-5-3-2-4-10(11)14)13(19)9-6-7-16-12(8-9)17-15/h2-8H,15H2,1H3,(H,16,17). The molecule has 98 valence electrons. The topological polar surface area (TPSA) is 71.2 Å². The van der Waals surface area contributed by atoms with Gasteiger partial charge in [-0.25, -0.2) is 15.2 Å². The molecule has 0 aliphatic rings. The zero-order valence-corrected chi connectivity index (χ0v) is 10.3. The number of hydrogen-bond acceptors (Lipinski definition) is 4. The van der Waals surface area contributed by atoms with Crippen LogP contribution in [0, 0.1) is 5.82 Å². The lowest BCUT2D eigenvalue weighted by Crippen LogP contribution is -2.27. The smallest absolute Gasteiger partial charge is 0.258 e. The van der Waals surface area contributed by atoms with Gasteiger partial charge >= 0.3 is 0 Å². The predicted octanol–water partition coefficient (Wildman–Crippen LogP) is 1.78. The number of nitrogen functional groups attached to an aromatic ring is 1. The molecule has 0 aliphatic heterocycles. The molecule has 0 spiro atoms. The zero-order chi connectivity index (χ0) is 13.8. The van der Waals surface area contributed by atoms with Crippen LogP contribution in [0.1, 0.15) is 10.4 Å². The van der Waals surface area contributed by atoms with Crippen LogP contribution in [0.3, 0.4) is 0 Å². The summed E-state index contributed by atoms with van der Waals surface area (Å²) in [5.41, 5.74) is 2.94. The maximum absolute atomic E-state index is 13.6. The highest BCUT2D eigenvalue weighted by molar-refractivity contribution is 6.06. The number of pyridine rings is 1. The van der Waals surface area contributed by atoms with Crippen molar-refractivity contribution in [1.29, 1.82) is 0 Å². The number of halogens is 1. The zero-order valence-electron chi connectivity index (χ0n) is 10.3. The van der Waals surface area contributed by atoms with Gasteiger partial charge in [-0.05, 0) is 24.3 Å². The summed E-state index contributed by atoms with van der Waals surface area (Å²) in [6.07, 6.45) is 1.46. The lowest BCUT2D eigenvalue weighted by atomic mass is 10.2. The maximum atomic E-state index is 13.6. The van der Waals surface area contributed by atoms with E-state index in [0.717, 1.165) is 0 Å². The molecule has 0 saturated heterocycles. The van der Waals surface area contributed by atoms with Crippen molar-refractivity contribution in [3.63, 3.8) is 0 Å². The molecule has 0 unspecified atom stereocenters. The van der Waals surface area contributed by atoms with E-state index in [1.54, 1.807) is 18.2 Å². The normalized spacial score (nSPS) is 10.1. The third-order valence-corrected chi connectivity index (χ3v) is 2.67. The van der Waals surface area contributed by atoms with E-state index in [2.05, 4.69) is 10.4 Å². The van der Waals surface area contributed by atoms with E-state index in [9.17, 15) is 9.18 Å². The van der Waals surface area contributed by atoms with Crippen LogP contribution in [-0.2, 0) is 0 Å². The van der Waals surface area contributed by atoms with Gasteiger partial charge in [0.25, 0.3) is 5.91 Å². The molecule has 0 fully saturated rings. The van der Waals surface area contributed by atoms with Gasteiger partial charge in [-0.1, -0.05) is 12.1 Å². The molecule has 1 aromatic heterocycles. The van der Waals surface area contributed by atoms with E-state index in [4.69, 9.17) is 5.84 Å². The Labute approximate surface area is 109 Å². The van der Waals surface area contributed by atoms with Gasteiger partial charge in [0.1, 0.15) is 11.6 Å². The summed E-state index contributed by atoms with van der Waals surface area (Å²) in [6.45, 7) is 0. The number of carbonyl (C=O) groups excluding carboxylic acids is 1. The lowest BCUT2D eigenvalue weighted by molar-refractivity contribution is 0.0992. The third kappa shape index (κ3) is 2.69. The van der Waals surface area contributed by atoms with Gasteiger partial charge in [0, 0.05) is 18.8 Å². The Morgan fingerprint density at radius 1 is 1.37 bits per heavy atom. The van der Waals surface area contributed by atoms with Crippen molar-refractivity contribution in [3.8, 4) is 0 Å². The van der Waals surface area contributed by atoms with Gasteiger partial charge in [0.05, 0.1) is 5.69 Å². The van der Waals surface area contributed by atoms with E-state index in [1.807, 2.05) is 0 Å². The molecule has 1 amide bonds. The number of hydrogen-bond donors (Lipinski definition) is 2. The van der Waals surface area contributed by atoms with Crippen molar-refractivity contribution in [3.05, 3.63) is 54.0 Å². The van der Waals surface area contributed by atoms with Crippen LogP contribution in [-0.4, -0.2) is 17.9 Å². The molecular weight excluding hydrogens is 247 g/mol. The molecule has 0 saturated carbocycles. The second kappa shape index (κ2) is 5.45. The average Bonchev–Trinajstić information content (AvgIpc) is 2.46. The second-order valence-electron chi connectivity index (χ2n) is 3.89. The summed E-state index contributed by atoms with van der Waals surface area (Å²) in [5.74, 6) is 4.80. The van der Waals surface area contributed by atoms with Crippen molar-refractivity contribution in [2.45, 2.75) is 0 Å². The van der Waals surface area contributed by atoms with Crippen molar-refractivity contribution in [2.75, 3.05) is 17.4 Å². The molecule has 0 atom stereocenters. The Hall–Kier alpha value is -2.47. The van der Waals surface area contributed by atoms with Crippen LogP contribution in [0.15, 0.2) is 42.6 Å². The monoisotopic (exact) mass is 260 g/mol. The second-order valence-corrected chi connectivity index (χ2v) is 3.89. The molecule has 2 aromatic rings. The van der Waals surface area contributed by atoms with Gasteiger partial charge in [-0.2, -0.15) is 0 Å². The fraction of sp³-hybridized carbons (Fsp3) is 0.0769. The number of benzene rings is 1. The van der Waals surface area contributed by atoms with Gasteiger partial charge in [0.15, 0.2) is 0 Å². The van der Waals surface area contributed by atoms with Crippen LogP contribution in [0.25, 0.3) is 0 Å². The highest BCUT2D eigenvalue weighted by Crippen LogP contribution is 2.19. The maximum Gasteiger partial charge on any atom is 0.258 e. The van der Waals surface area contributed by atoms with Gasteiger partial charge in [-0.3, -0.25) is 4.79 Å². The number of para-hydroxylation sites is 1. The lowest BCUT2D eigenvalue weighted by Gasteiger charge is -2.18. The van der Waals surface area contributed by atoms with Crippen molar-refractivity contribution < 1.29 is 9.18 Å². The Kier molecular flexibility index (Phi) is 3.72. The SMILES string of the molecule is CN(C(=O)c1ccnc(NN)c1)c1ccccc1F. The molecule has 3 N–H and O–H groups in total. The number of nitrogens with two attached hydrogens (primary N) is 1. The first kappa shape index (κ1) is 13.0. The largest absolute Gasteiger partial charge is 0.309 e. The highest BCUT2D eigenvalue weighted by atomic mass is 19.1. The minimum Gasteiger partial charge on any atom is -0.309 e. The minimum absolute atomic E-state index is 0.214. The summed E-state index contributed by atoms with van der Waals surface area (Å²) in [5, 5.41) is 0. The van der Waals surface area contributed by atoms with Crippen LogP contribution in [0.2, 0.25) is 0 Å². The molecule has 5 nitrogen and oxygen atoms in total. The van der Waals surface area contributed by atoms with Crippen LogP contribution in [0.4, 0.5) is 15.9 Å². The van der Waals surface area contributed by atoms with E-state index in [0.29, 0.717) is 11.4 Å². The summed E-state index contributed by atoms with van der Waals surface area (Å²) in [7, 11) is 1.51. The van der Waals surface area contributed by atoms with Crippen molar-refractivity contribution in [2.24, 2.45) is 5.84 Å². The average molecular weight is 260 g/mol. The molecule has 19 heavy (non-hydrogen) atoms. The molecule has 0 aliphatic carbocycles. The Balaban J connectivity index is 2.31. The van der Waals surface area contributed by atoms with Crippen LogP contribution < -0.4 is 16.2 Å². The van der Waals surface area contributed by atoms with Gasteiger partial charge < -0.3 is 10.3 Å².